The van der Waals surface area contributed by atoms with Gasteiger partial charge in [-0.15, -0.1) is 0 Å². The molecule has 0 saturated heterocycles. The molecule has 0 saturated carbocycles. The minimum atomic E-state index is -1.39. The van der Waals surface area contributed by atoms with Crippen LogP contribution in [0, 0.1) is 0 Å². The molecule has 2 aromatic carbocycles. The summed E-state index contributed by atoms with van der Waals surface area (Å²) in [4.78, 5) is 21.0. The maximum atomic E-state index is 12.7. The van der Waals surface area contributed by atoms with Crippen LogP contribution in [0.3, 0.4) is 0 Å². The highest BCUT2D eigenvalue weighted by molar-refractivity contribution is 7.90. The lowest BCUT2D eigenvalue weighted by Crippen LogP contribution is -2.25. The molecule has 3 N–H and O–H groups in total. The molecular formula is C21H21ClN4O3S. The molecule has 0 fully saturated rings. The summed E-state index contributed by atoms with van der Waals surface area (Å²) in [5.74, 6) is -0.0634. The fourth-order valence-electron chi connectivity index (χ4n) is 2.69. The lowest BCUT2D eigenvalue weighted by molar-refractivity contribution is 0.0950. The number of nitrogens with zero attached hydrogens (tertiary/aromatic N) is 2. The van der Waals surface area contributed by atoms with Gasteiger partial charge in [-0.3, -0.25) is 4.79 Å². The van der Waals surface area contributed by atoms with Crippen molar-refractivity contribution >= 4 is 34.5 Å². The summed E-state index contributed by atoms with van der Waals surface area (Å²) in [6.07, 6.45) is 2.84. The van der Waals surface area contributed by atoms with Crippen molar-refractivity contribution in [3.8, 4) is 0 Å². The maximum absolute atomic E-state index is 12.7. The van der Waals surface area contributed by atoms with Gasteiger partial charge in [0.1, 0.15) is 17.6 Å². The molecule has 156 valence electrons. The molecule has 9 heteroatoms. The van der Waals surface area contributed by atoms with E-state index in [4.69, 9.17) is 11.6 Å². The molecular weight excluding hydrogens is 424 g/mol. The molecule has 0 aliphatic carbocycles. The Bertz CT molecular complexity index is 1020. The first-order valence-electron chi connectivity index (χ1n) is 9.12. The second-order valence-corrected chi connectivity index (χ2v) is 8.16. The zero-order valence-corrected chi connectivity index (χ0v) is 17.8. The van der Waals surface area contributed by atoms with Crippen molar-refractivity contribution in [2.24, 2.45) is 0 Å². The molecule has 1 atom stereocenters. The SMILES string of the molecule is C[S+]([O-])c1ncc(C(=O)NCc2ccccc2)c(NCc2ccc(CO)c(Cl)c2)n1. The van der Waals surface area contributed by atoms with E-state index in [-0.39, 0.29) is 29.1 Å². The van der Waals surface area contributed by atoms with Crippen LogP contribution in [0.15, 0.2) is 59.9 Å². The van der Waals surface area contributed by atoms with E-state index in [1.54, 1.807) is 12.1 Å². The van der Waals surface area contributed by atoms with Crippen molar-refractivity contribution in [1.29, 1.82) is 0 Å². The molecule has 0 aliphatic rings. The zero-order valence-electron chi connectivity index (χ0n) is 16.3. The molecule has 3 aromatic rings. The molecule has 1 amide bonds. The second-order valence-electron chi connectivity index (χ2n) is 6.47. The minimum Gasteiger partial charge on any atom is -0.609 e. The Kier molecular flexibility index (Phi) is 7.64. The Hall–Kier alpha value is -2.65. The van der Waals surface area contributed by atoms with E-state index in [1.807, 2.05) is 36.4 Å². The van der Waals surface area contributed by atoms with Gasteiger partial charge in [0.05, 0.1) is 12.8 Å². The van der Waals surface area contributed by atoms with E-state index >= 15 is 0 Å². The van der Waals surface area contributed by atoms with Gasteiger partial charge in [0.15, 0.2) is 0 Å². The van der Waals surface area contributed by atoms with Crippen LogP contribution in [0.1, 0.15) is 27.0 Å². The van der Waals surface area contributed by atoms with Gasteiger partial charge in [-0.1, -0.05) is 54.1 Å². The number of amides is 1. The second kappa shape index (κ2) is 10.4. The Morgan fingerprint density at radius 3 is 2.60 bits per heavy atom. The third-order valence-electron chi connectivity index (χ3n) is 4.31. The number of benzene rings is 2. The molecule has 3 rings (SSSR count). The fraction of sp³-hybridized carbons (Fsp3) is 0.190. The predicted molar refractivity (Wildman–Crippen MR) is 117 cm³/mol. The Morgan fingerprint density at radius 1 is 1.17 bits per heavy atom. The summed E-state index contributed by atoms with van der Waals surface area (Å²) in [5, 5.41) is 15.8. The number of aliphatic hydroxyl groups is 1. The van der Waals surface area contributed by atoms with E-state index in [9.17, 15) is 14.5 Å². The number of aliphatic hydroxyl groups excluding tert-OH is 1. The average molecular weight is 445 g/mol. The smallest absolute Gasteiger partial charge is 0.344 e. The number of nitrogens with one attached hydrogen (secondary N) is 2. The summed E-state index contributed by atoms with van der Waals surface area (Å²) < 4.78 is 11.8. The standard InChI is InChI=1S/C21H21ClN4O3S/c1-30(29)21-25-12-17(20(28)24-10-14-5-3-2-4-6-14)19(26-21)23-11-15-7-8-16(13-27)18(22)9-15/h2-9,12,27H,10-11,13H2,1H3,(H,24,28)(H,23,25,26). The van der Waals surface area contributed by atoms with Gasteiger partial charge in [0, 0.05) is 29.3 Å². The van der Waals surface area contributed by atoms with Crippen molar-refractivity contribution in [2.75, 3.05) is 11.6 Å². The van der Waals surface area contributed by atoms with Crippen LogP contribution < -0.4 is 10.6 Å². The van der Waals surface area contributed by atoms with Crippen molar-refractivity contribution < 1.29 is 14.5 Å². The van der Waals surface area contributed by atoms with Crippen molar-refractivity contribution in [2.45, 2.75) is 24.9 Å². The van der Waals surface area contributed by atoms with Crippen LogP contribution in [0.25, 0.3) is 0 Å². The molecule has 7 nitrogen and oxygen atoms in total. The summed E-state index contributed by atoms with van der Waals surface area (Å²) >= 11 is 4.75. The van der Waals surface area contributed by atoms with Crippen molar-refractivity contribution in [3.63, 3.8) is 0 Å². The highest BCUT2D eigenvalue weighted by atomic mass is 35.5. The maximum Gasteiger partial charge on any atom is 0.344 e. The normalized spacial score (nSPS) is 11.7. The Balaban J connectivity index is 1.78. The van der Waals surface area contributed by atoms with E-state index in [0.29, 0.717) is 23.7 Å². The highest BCUT2D eigenvalue weighted by Gasteiger charge is 2.18. The average Bonchev–Trinajstić information content (AvgIpc) is 2.76. The van der Waals surface area contributed by atoms with E-state index in [1.165, 1.54) is 12.5 Å². The van der Waals surface area contributed by atoms with Gasteiger partial charge in [-0.2, -0.15) is 9.97 Å². The highest BCUT2D eigenvalue weighted by Crippen LogP contribution is 2.20. The lowest BCUT2D eigenvalue weighted by Gasteiger charge is -2.13. The number of hydrogen-bond acceptors (Lipinski definition) is 6. The Morgan fingerprint density at radius 2 is 1.93 bits per heavy atom. The first-order valence-corrected chi connectivity index (χ1v) is 11.1. The van der Waals surface area contributed by atoms with Gasteiger partial charge in [-0.25, -0.2) is 0 Å². The number of rotatable bonds is 8. The van der Waals surface area contributed by atoms with Gasteiger partial charge in [-0.05, 0) is 22.8 Å². The first kappa shape index (κ1) is 22.0. The van der Waals surface area contributed by atoms with Gasteiger partial charge >= 0.3 is 5.16 Å². The van der Waals surface area contributed by atoms with Crippen molar-refractivity contribution in [1.82, 2.24) is 15.3 Å². The number of anilines is 1. The molecule has 0 bridgehead atoms. The summed E-state index contributed by atoms with van der Waals surface area (Å²) in [6, 6.07) is 14.8. The zero-order chi connectivity index (χ0) is 21.5. The van der Waals surface area contributed by atoms with Crippen LogP contribution in [-0.4, -0.2) is 31.8 Å². The number of carbonyl (C=O) groups is 1. The third-order valence-corrected chi connectivity index (χ3v) is 5.37. The summed E-state index contributed by atoms with van der Waals surface area (Å²) in [7, 11) is 0. The van der Waals surface area contributed by atoms with Gasteiger partial charge in [0.25, 0.3) is 5.91 Å². The molecule has 1 unspecified atom stereocenters. The molecule has 1 aromatic heterocycles. The van der Waals surface area contributed by atoms with Gasteiger partial charge < -0.3 is 20.3 Å². The number of aromatic nitrogens is 2. The largest absolute Gasteiger partial charge is 0.609 e. The molecule has 0 spiro atoms. The van der Waals surface area contributed by atoms with Crippen LogP contribution in [0.2, 0.25) is 5.02 Å². The monoisotopic (exact) mass is 444 g/mol. The molecule has 0 radical (unpaired) electrons. The Labute approximate surface area is 182 Å². The van der Waals surface area contributed by atoms with Crippen LogP contribution in [-0.2, 0) is 30.9 Å². The van der Waals surface area contributed by atoms with Gasteiger partial charge in [0.2, 0.25) is 0 Å². The molecule has 0 aliphatic heterocycles. The van der Waals surface area contributed by atoms with E-state index < -0.39 is 11.2 Å². The fourth-order valence-corrected chi connectivity index (χ4v) is 3.38. The topological polar surface area (TPSA) is 110 Å². The quantitative estimate of drug-likeness (QED) is 0.364. The van der Waals surface area contributed by atoms with Crippen LogP contribution >= 0.6 is 11.6 Å². The molecule has 1 heterocycles. The first-order chi connectivity index (χ1) is 14.5. The van der Waals surface area contributed by atoms with E-state index in [2.05, 4.69) is 20.6 Å². The minimum absolute atomic E-state index is 0.130. The van der Waals surface area contributed by atoms with E-state index in [0.717, 1.165) is 11.1 Å². The third kappa shape index (κ3) is 5.70. The lowest BCUT2D eigenvalue weighted by atomic mass is 10.1. The van der Waals surface area contributed by atoms with Crippen molar-refractivity contribution in [3.05, 3.63) is 82.0 Å². The summed E-state index contributed by atoms with van der Waals surface area (Å²) in [6.45, 7) is 0.547. The molecule has 30 heavy (non-hydrogen) atoms. The summed E-state index contributed by atoms with van der Waals surface area (Å²) in [5.41, 5.74) is 2.68. The number of hydrogen-bond donors (Lipinski definition) is 3. The number of carbonyl (C=O) groups excluding carboxylic acids is 1. The van der Waals surface area contributed by atoms with Crippen LogP contribution in [0.5, 0.6) is 0 Å². The van der Waals surface area contributed by atoms with Crippen LogP contribution in [0.4, 0.5) is 5.82 Å². The number of halogens is 1. The predicted octanol–water partition coefficient (Wildman–Crippen LogP) is 2.90.